The van der Waals surface area contributed by atoms with E-state index in [4.69, 9.17) is 4.74 Å². The quantitative estimate of drug-likeness (QED) is 0.141. The average Bonchev–Trinajstić information content (AvgIpc) is 3.45. The fourth-order valence-electron chi connectivity index (χ4n) is 6.19. The number of benzene rings is 3. The maximum atomic E-state index is 15.1. The van der Waals surface area contributed by atoms with Crippen molar-refractivity contribution in [2.75, 3.05) is 18.5 Å². The number of aromatic amines is 1. The van der Waals surface area contributed by atoms with Gasteiger partial charge in [-0.2, -0.15) is 0 Å². The highest BCUT2D eigenvalue weighted by Crippen LogP contribution is 2.32. The van der Waals surface area contributed by atoms with Crippen molar-refractivity contribution in [3.05, 3.63) is 124 Å². The molecule has 2 amide bonds. The Morgan fingerprint density at radius 3 is 2.41 bits per heavy atom. The lowest BCUT2D eigenvalue weighted by Gasteiger charge is -2.37. The Morgan fingerprint density at radius 1 is 0.980 bits per heavy atom. The summed E-state index contributed by atoms with van der Waals surface area (Å²) in [5.41, 5.74) is 4.49. The molecule has 2 aromatic heterocycles. The first-order valence-electron chi connectivity index (χ1n) is 15.7. The average molecular weight is 676 g/mol. The minimum Gasteiger partial charge on any atom is -0.465 e. The van der Waals surface area contributed by atoms with E-state index in [0.717, 1.165) is 40.5 Å². The summed E-state index contributed by atoms with van der Waals surface area (Å²) in [5.74, 6) is -3.85. The van der Waals surface area contributed by atoms with Crippen LogP contribution in [-0.4, -0.2) is 56.2 Å². The number of H-pyrrole nitrogens is 1. The predicted molar refractivity (Wildman–Crippen MR) is 173 cm³/mol. The van der Waals surface area contributed by atoms with E-state index in [-0.39, 0.29) is 49.2 Å². The van der Waals surface area contributed by atoms with Crippen LogP contribution < -0.4 is 5.32 Å². The summed E-state index contributed by atoms with van der Waals surface area (Å²) in [4.78, 5) is 38.6. The molecule has 254 valence electrons. The molecule has 0 radical (unpaired) electrons. The van der Waals surface area contributed by atoms with Gasteiger partial charge in [-0.05, 0) is 85.3 Å². The molecular formula is C36H33F4N5O4. The Hall–Kier alpha value is -5.30. The zero-order valence-corrected chi connectivity index (χ0v) is 26.6. The number of amides is 2. The molecule has 0 bridgehead atoms. The third-order valence-electron chi connectivity index (χ3n) is 8.89. The molecule has 3 N–H and O–H groups in total. The highest BCUT2D eigenvalue weighted by atomic mass is 19.1. The maximum absolute atomic E-state index is 15.1. The fourth-order valence-corrected chi connectivity index (χ4v) is 6.19. The number of morpholine rings is 1. The van der Waals surface area contributed by atoms with Crippen molar-refractivity contribution in [1.82, 2.24) is 19.9 Å². The van der Waals surface area contributed by atoms with Crippen molar-refractivity contribution >= 4 is 28.7 Å². The molecule has 3 unspecified atom stereocenters. The van der Waals surface area contributed by atoms with Gasteiger partial charge in [0.25, 0.3) is 0 Å². The number of carbonyl (C=O) groups excluding carboxylic acids is 1. The van der Waals surface area contributed by atoms with Crippen LogP contribution >= 0.6 is 0 Å². The molecule has 6 rings (SSSR count). The molecule has 9 nitrogen and oxygen atoms in total. The smallest absolute Gasteiger partial charge is 0.408 e. The molecule has 3 atom stereocenters. The Balaban J connectivity index is 1.15. The van der Waals surface area contributed by atoms with Crippen LogP contribution in [0.2, 0.25) is 0 Å². The summed E-state index contributed by atoms with van der Waals surface area (Å²) in [7, 11) is 0. The van der Waals surface area contributed by atoms with E-state index in [1.807, 2.05) is 26.0 Å². The Morgan fingerprint density at radius 2 is 1.69 bits per heavy atom. The number of ether oxygens (including phenoxy) is 1. The molecule has 5 aromatic rings. The zero-order chi connectivity index (χ0) is 34.8. The summed E-state index contributed by atoms with van der Waals surface area (Å²) >= 11 is 0. The van der Waals surface area contributed by atoms with E-state index in [0.29, 0.717) is 17.5 Å². The van der Waals surface area contributed by atoms with E-state index in [1.165, 1.54) is 35.4 Å². The normalized spacial score (nSPS) is 16.9. The molecule has 0 saturated carbocycles. The maximum Gasteiger partial charge on any atom is 0.408 e. The number of pyridine rings is 1. The number of aromatic nitrogens is 3. The number of fused-ring (bicyclic) bond motifs is 1. The van der Waals surface area contributed by atoms with E-state index >= 15 is 4.39 Å². The molecule has 1 aliphatic rings. The standard InChI is InChI=1S/C36H33F4N5O4/c1-19-9-30-31(10-20(19)2)44-35(43-30)33-18-49-26(17-45(33)36(47)48)7-8-27-29(40)15-41-16-32(27)42-34(46)14-28(21-3-5-23(37)6-4-21)22-11-24(38)13-25(39)12-22/h3-6,9-13,15-16,26,28,33H,7-8,14,17-18H2,1-2H3,(H,42,46)(H,43,44)(H,47,48). The van der Waals surface area contributed by atoms with E-state index in [1.54, 1.807) is 0 Å². The van der Waals surface area contributed by atoms with Gasteiger partial charge in [0.2, 0.25) is 5.91 Å². The van der Waals surface area contributed by atoms with E-state index < -0.39 is 53.3 Å². The molecular weight excluding hydrogens is 642 g/mol. The second-order valence-electron chi connectivity index (χ2n) is 12.2. The van der Waals surface area contributed by atoms with E-state index in [9.17, 15) is 27.9 Å². The van der Waals surface area contributed by atoms with Gasteiger partial charge in [-0.1, -0.05) is 12.1 Å². The first kappa shape index (κ1) is 33.6. The van der Waals surface area contributed by atoms with Crippen LogP contribution in [0.1, 0.15) is 58.4 Å². The molecule has 3 aromatic carbocycles. The molecule has 0 spiro atoms. The van der Waals surface area contributed by atoms with Gasteiger partial charge in [0, 0.05) is 24.0 Å². The first-order chi connectivity index (χ1) is 23.4. The number of anilines is 1. The summed E-state index contributed by atoms with van der Waals surface area (Å²) in [5, 5.41) is 12.7. The van der Waals surface area contributed by atoms with Crippen LogP contribution in [0.5, 0.6) is 0 Å². The number of nitrogens with zero attached hydrogens (tertiary/aromatic N) is 3. The molecule has 3 heterocycles. The summed E-state index contributed by atoms with van der Waals surface area (Å²) in [6.07, 6.45) is 0.565. The third-order valence-corrected chi connectivity index (χ3v) is 8.89. The Bertz CT molecular complexity index is 1960. The SMILES string of the molecule is Cc1cc2nc(C3COC(CCc4c(F)cncc4NC(=O)CC(c4ccc(F)cc4)c4cc(F)cc(F)c4)CN3C(=O)O)[nH]c2cc1C. The number of carbonyl (C=O) groups is 2. The number of rotatable bonds is 9. The van der Waals surface area contributed by atoms with Gasteiger partial charge in [-0.3, -0.25) is 14.7 Å². The monoisotopic (exact) mass is 675 g/mol. The predicted octanol–water partition coefficient (Wildman–Crippen LogP) is 7.34. The molecule has 1 saturated heterocycles. The largest absolute Gasteiger partial charge is 0.465 e. The lowest BCUT2D eigenvalue weighted by molar-refractivity contribution is -0.116. The minimum absolute atomic E-state index is 0.00698. The van der Waals surface area contributed by atoms with Crippen molar-refractivity contribution in [1.29, 1.82) is 0 Å². The minimum atomic E-state index is -1.15. The van der Waals surface area contributed by atoms with Crippen LogP contribution in [0.25, 0.3) is 11.0 Å². The van der Waals surface area contributed by atoms with Gasteiger partial charge in [0.15, 0.2) is 0 Å². The lowest BCUT2D eigenvalue weighted by atomic mass is 9.88. The summed E-state index contributed by atoms with van der Waals surface area (Å²) in [6, 6.07) is 11.4. The molecule has 1 fully saturated rings. The van der Waals surface area contributed by atoms with Gasteiger partial charge >= 0.3 is 6.09 Å². The molecule has 1 aliphatic heterocycles. The summed E-state index contributed by atoms with van der Waals surface area (Å²) in [6.45, 7) is 3.99. The van der Waals surface area contributed by atoms with Crippen molar-refractivity contribution < 1.29 is 37.0 Å². The van der Waals surface area contributed by atoms with Crippen molar-refractivity contribution in [3.8, 4) is 0 Å². The molecule has 0 aliphatic carbocycles. The fraction of sp³-hybridized carbons (Fsp3) is 0.278. The number of imidazole rings is 1. The van der Waals surface area contributed by atoms with Crippen molar-refractivity contribution in [2.45, 2.75) is 51.2 Å². The van der Waals surface area contributed by atoms with Crippen LogP contribution in [-0.2, 0) is 16.0 Å². The Labute approximate surface area is 279 Å². The van der Waals surface area contributed by atoms with Gasteiger partial charge in [-0.25, -0.2) is 27.3 Å². The third kappa shape index (κ3) is 7.56. The van der Waals surface area contributed by atoms with Gasteiger partial charge in [-0.15, -0.1) is 0 Å². The topological polar surface area (TPSA) is 120 Å². The molecule has 13 heteroatoms. The van der Waals surface area contributed by atoms with E-state index in [2.05, 4.69) is 20.3 Å². The molecule has 49 heavy (non-hydrogen) atoms. The first-order valence-corrected chi connectivity index (χ1v) is 15.7. The number of carboxylic acid groups (broad SMARTS) is 1. The van der Waals surface area contributed by atoms with Gasteiger partial charge in [0.1, 0.15) is 35.1 Å². The number of nitrogens with one attached hydrogen (secondary N) is 2. The van der Waals surface area contributed by atoms with Crippen LogP contribution in [0, 0.1) is 37.1 Å². The lowest BCUT2D eigenvalue weighted by Crippen LogP contribution is -2.47. The van der Waals surface area contributed by atoms with Crippen molar-refractivity contribution in [2.24, 2.45) is 0 Å². The second-order valence-corrected chi connectivity index (χ2v) is 12.2. The second kappa shape index (κ2) is 14.0. The number of hydrogen-bond donors (Lipinski definition) is 3. The zero-order valence-electron chi connectivity index (χ0n) is 26.6. The summed E-state index contributed by atoms with van der Waals surface area (Å²) < 4.78 is 63.1. The Kier molecular flexibility index (Phi) is 9.63. The van der Waals surface area contributed by atoms with Gasteiger partial charge < -0.3 is 20.1 Å². The highest BCUT2D eigenvalue weighted by Gasteiger charge is 2.35. The van der Waals surface area contributed by atoms with Crippen LogP contribution in [0.15, 0.2) is 67.0 Å². The highest BCUT2D eigenvalue weighted by molar-refractivity contribution is 5.92. The van der Waals surface area contributed by atoms with Crippen molar-refractivity contribution in [3.63, 3.8) is 0 Å². The number of hydrogen-bond acceptors (Lipinski definition) is 5. The van der Waals surface area contributed by atoms with Crippen LogP contribution in [0.3, 0.4) is 0 Å². The number of aryl methyl sites for hydroxylation is 2. The van der Waals surface area contributed by atoms with Gasteiger partial charge in [0.05, 0.1) is 48.4 Å². The van der Waals surface area contributed by atoms with Crippen LogP contribution in [0.4, 0.5) is 28.0 Å². The number of halogens is 4.